The molecular weight excluding hydrogens is 338 g/mol. The second-order valence-corrected chi connectivity index (χ2v) is 7.14. The minimum atomic E-state index is -0.313. The average Bonchev–Trinajstić information content (AvgIpc) is 2.68. The Morgan fingerprint density at radius 2 is 1.67 bits per heavy atom. The van der Waals surface area contributed by atoms with Crippen LogP contribution in [-0.2, 0) is 9.59 Å². The highest BCUT2D eigenvalue weighted by Gasteiger charge is 2.31. The number of amides is 2. The van der Waals surface area contributed by atoms with Gasteiger partial charge in [-0.2, -0.15) is 0 Å². The van der Waals surface area contributed by atoms with Gasteiger partial charge in [0.05, 0.1) is 18.5 Å². The van der Waals surface area contributed by atoms with Gasteiger partial charge in [0.15, 0.2) is 0 Å². The third-order valence-corrected chi connectivity index (χ3v) is 5.05. The molecule has 0 radical (unpaired) electrons. The lowest BCUT2D eigenvalue weighted by Crippen LogP contribution is -2.50. The van der Waals surface area contributed by atoms with Gasteiger partial charge < -0.3 is 15.1 Å². The smallest absolute Gasteiger partial charge is 0.225 e. The van der Waals surface area contributed by atoms with Crippen molar-refractivity contribution in [3.05, 3.63) is 71.8 Å². The average molecular weight is 365 g/mol. The fourth-order valence-electron chi connectivity index (χ4n) is 3.65. The Balaban J connectivity index is 1.80. The van der Waals surface area contributed by atoms with Gasteiger partial charge >= 0.3 is 0 Å². The normalized spacial score (nSPS) is 18.7. The Labute approximate surface area is 161 Å². The van der Waals surface area contributed by atoms with Gasteiger partial charge in [-0.3, -0.25) is 9.59 Å². The van der Waals surface area contributed by atoms with Crippen LogP contribution in [0.1, 0.15) is 36.6 Å². The van der Waals surface area contributed by atoms with Gasteiger partial charge in [0.2, 0.25) is 11.8 Å². The predicted octanol–water partition coefficient (Wildman–Crippen LogP) is 2.77. The molecule has 0 spiro atoms. The molecule has 2 atom stereocenters. The molecule has 0 aromatic heterocycles. The summed E-state index contributed by atoms with van der Waals surface area (Å²) in [5, 5.41) is 2.93. The number of likely N-dealkylation sites (N-methyl/N-ethyl adjacent to an activating group) is 1. The zero-order valence-corrected chi connectivity index (χ0v) is 16.0. The molecule has 0 unspecified atom stereocenters. The topological polar surface area (TPSA) is 52.7 Å². The van der Waals surface area contributed by atoms with Crippen molar-refractivity contribution >= 4 is 11.8 Å². The standard InChI is InChI=1S/C22H27N3O2/c1-17(26)23-20(18-9-5-3-6-10-18)15-22(27)25-14-13-24(2)16-21(25)19-11-7-4-8-12-19/h3-12,20-21H,13-16H2,1-2H3,(H,23,26)/t20-,21-/m0/s1. The van der Waals surface area contributed by atoms with Crippen molar-refractivity contribution in [2.75, 3.05) is 26.7 Å². The van der Waals surface area contributed by atoms with Gasteiger partial charge in [-0.1, -0.05) is 60.7 Å². The highest BCUT2D eigenvalue weighted by Crippen LogP contribution is 2.27. The van der Waals surface area contributed by atoms with Crippen molar-refractivity contribution in [2.24, 2.45) is 0 Å². The van der Waals surface area contributed by atoms with Crippen LogP contribution in [0, 0.1) is 0 Å². The molecule has 1 heterocycles. The maximum atomic E-state index is 13.2. The number of piperazine rings is 1. The highest BCUT2D eigenvalue weighted by molar-refractivity contribution is 5.79. The summed E-state index contributed by atoms with van der Waals surface area (Å²) in [6.07, 6.45) is 0.261. The molecule has 3 rings (SSSR count). The minimum absolute atomic E-state index is 0.0335. The molecule has 1 N–H and O–H groups in total. The zero-order chi connectivity index (χ0) is 19.2. The Hall–Kier alpha value is -2.66. The first-order chi connectivity index (χ1) is 13.0. The van der Waals surface area contributed by atoms with E-state index in [4.69, 9.17) is 0 Å². The summed E-state index contributed by atoms with van der Waals surface area (Å²) in [6, 6.07) is 19.6. The fourth-order valence-corrected chi connectivity index (χ4v) is 3.65. The Morgan fingerprint density at radius 3 is 2.30 bits per heavy atom. The SMILES string of the molecule is CC(=O)N[C@@H](CC(=O)N1CCN(C)C[C@H]1c1ccccc1)c1ccccc1. The second kappa shape index (κ2) is 8.82. The number of benzene rings is 2. The molecule has 27 heavy (non-hydrogen) atoms. The van der Waals surface area contributed by atoms with Crippen molar-refractivity contribution in [2.45, 2.75) is 25.4 Å². The number of hydrogen-bond acceptors (Lipinski definition) is 3. The van der Waals surface area contributed by atoms with Crippen LogP contribution in [0.3, 0.4) is 0 Å². The fraction of sp³-hybridized carbons (Fsp3) is 0.364. The number of nitrogens with one attached hydrogen (secondary N) is 1. The van der Waals surface area contributed by atoms with E-state index < -0.39 is 0 Å². The van der Waals surface area contributed by atoms with E-state index in [2.05, 4.69) is 29.4 Å². The van der Waals surface area contributed by atoms with Crippen LogP contribution in [0.5, 0.6) is 0 Å². The lowest BCUT2D eigenvalue weighted by Gasteiger charge is -2.41. The molecule has 142 valence electrons. The van der Waals surface area contributed by atoms with Crippen molar-refractivity contribution in [3.8, 4) is 0 Å². The number of carbonyl (C=O) groups excluding carboxylic acids is 2. The maximum absolute atomic E-state index is 13.2. The molecule has 0 saturated carbocycles. The number of hydrogen-bond donors (Lipinski definition) is 1. The van der Waals surface area contributed by atoms with Crippen molar-refractivity contribution in [3.63, 3.8) is 0 Å². The molecule has 0 bridgehead atoms. The second-order valence-electron chi connectivity index (χ2n) is 7.14. The van der Waals surface area contributed by atoms with Crippen molar-refractivity contribution < 1.29 is 9.59 Å². The van der Waals surface area contributed by atoms with Crippen LogP contribution in [0.4, 0.5) is 0 Å². The van der Waals surface area contributed by atoms with Crippen LogP contribution in [0.25, 0.3) is 0 Å². The zero-order valence-electron chi connectivity index (χ0n) is 16.0. The molecule has 2 amide bonds. The van der Waals surface area contributed by atoms with E-state index in [1.807, 2.05) is 53.4 Å². The summed E-state index contributed by atoms with van der Waals surface area (Å²) in [5.74, 6) is -0.0609. The van der Waals surface area contributed by atoms with E-state index in [0.717, 1.165) is 24.2 Å². The largest absolute Gasteiger partial charge is 0.349 e. The predicted molar refractivity (Wildman–Crippen MR) is 106 cm³/mol. The lowest BCUT2D eigenvalue weighted by molar-refractivity contribution is -0.137. The summed E-state index contributed by atoms with van der Waals surface area (Å²) < 4.78 is 0. The van der Waals surface area contributed by atoms with Gasteiger partial charge in [-0.05, 0) is 18.2 Å². The summed E-state index contributed by atoms with van der Waals surface area (Å²) in [6.45, 7) is 3.84. The van der Waals surface area contributed by atoms with Crippen molar-refractivity contribution in [1.29, 1.82) is 0 Å². The monoisotopic (exact) mass is 365 g/mol. The summed E-state index contributed by atoms with van der Waals surface area (Å²) >= 11 is 0. The van der Waals surface area contributed by atoms with Crippen molar-refractivity contribution in [1.82, 2.24) is 15.1 Å². The van der Waals surface area contributed by atoms with E-state index >= 15 is 0 Å². The Kier molecular flexibility index (Phi) is 6.24. The van der Waals surface area contributed by atoms with Gasteiger partial charge in [0.25, 0.3) is 0 Å². The molecular formula is C22H27N3O2. The van der Waals surface area contributed by atoms with Crippen LogP contribution in [-0.4, -0.2) is 48.3 Å². The lowest BCUT2D eigenvalue weighted by atomic mass is 9.99. The quantitative estimate of drug-likeness (QED) is 0.886. The first-order valence-corrected chi connectivity index (χ1v) is 9.39. The molecule has 1 saturated heterocycles. The summed E-state index contributed by atoms with van der Waals surface area (Å²) in [4.78, 5) is 29.1. The van der Waals surface area contributed by atoms with Crippen LogP contribution in [0.15, 0.2) is 60.7 Å². The van der Waals surface area contributed by atoms with Gasteiger partial charge in [-0.25, -0.2) is 0 Å². The molecule has 1 aliphatic heterocycles. The first-order valence-electron chi connectivity index (χ1n) is 9.39. The third-order valence-electron chi connectivity index (χ3n) is 5.05. The van der Waals surface area contributed by atoms with E-state index in [9.17, 15) is 9.59 Å². The highest BCUT2D eigenvalue weighted by atomic mass is 16.2. The van der Waals surface area contributed by atoms with E-state index in [-0.39, 0.29) is 30.3 Å². The van der Waals surface area contributed by atoms with E-state index in [0.29, 0.717) is 6.54 Å². The molecule has 2 aromatic rings. The summed E-state index contributed by atoms with van der Waals surface area (Å²) in [5.41, 5.74) is 2.10. The van der Waals surface area contributed by atoms with E-state index in [1.165, 1.54) is 6.92 Å². The molecule has 1 aliphatic rings. The summed E-state index contributed by atoms with van der Waals surface area (Å²) in [7, 11) is 2.09. The van der Waals surface area contributed by atoms with Crippen LogP contribution in [0.2, 0.25) is 0 Å². The van der Waals surface area contributed by atoms with Gasteiger partial charge in [0.1, 0.15) is 0 Å². The number of carbonyl (C=O) groups is 2. The first kappa shape index (κ1) is 19.1. The molecule has 5 nitrogen and oxygen atoms in total. The molecule has 5 heteroatoms. The maximum Gasteiger partial charge on any atom is 0.225 e. The minimum Gasteiger partial charge on any atom is -0.349 e. The Bertz CT molecular complexity index is 764. The van der Waals surface area contributed by atoms with E-state index in [1.54, 1.807) is 0 Å². The van der Waals surface area contributed by atoms with Gasteiger partial charge in [0, 0.05) is 26.6 Å². The molecule has 0 aliphatic carbocycles. The van der Waals surface area contributed by atoms with Crippen LogP contribution < -0.4 is 5.32 Å². The Morgan fingerprint density at radius 1 is 1.04 bits per heavy atom. The number of nitrogens with zero attached hydrogens (tertiary/aromatic N) is 2. The number of rotatable bonds is 5. The molecule has 2 aromatic carbocycles. The third kappa shape index (κ3) is 4.95. The van der Waals surface area contributed by atoms with Gasteiger partial charge in [-0.15, -0.1) is 0 Å². The molecule has 1 fully saturated rings. The van der Waals surface area contributed by atoms with Crippen LogP contribution >= 0.6 is 0 Å².